The Balaban J connectivity index is 2.58. The Bertz CT molecular complexity index is 368. The van der Waals surface area contributed by atoms with Crippen LogP contribution in [-0.4, -0.2) is 11.9 Å². The quantitative estimate of drug-likeness (QED) is 0.854. The lowest BCUT2D eigenvalue weighted by molar-refractivity contribution is -0.119. The number of halogens is 2. The molecule has 0 radical (unpaired) electrons. The SMILES string of the molecule is CC(NCc1ccc(Cl)c(Cl)c1)C(N)=O. The normalized spacial score (nSPS) is 12.5. The first-order valence-corrected chi connectivity index (χ1v) is 5.23. The standard InChI is InChI=1S/C10H12Cl2N2O/c1-6(10(13)15)14-5-7-2-3-8(11)9(12)4-7/h2-4,6,14H,5H2,1H3,(H2,13,15). The molecule has 0 bridgehead atoms. The van der Waals surface area contributed by atoms with Crippen LogP contribution in [0.5, 0.6) is 0 Å². The Morgan fingerprint density at radius 3 is 2.67 bits per heavy atom. The van der Waals surface area contributed by atoms with Crippen molar-refractivity contribution in [3.05, 3.63) is 33.8 Å². The number of primary amides is 1. The fourth-order valence-electron chi connectivity index (χ4n) is 1.02. The molecule has 1 atom stereocenters. The number of rotatable bonds is 4. The molecule has 5 heteroatoms. The fourth-order valence-corrected chi connectivity index (χ4v) is 1.34. The van der Waals surface area contributed by atoms with E-state index >= 15 is 0 Å². The Hall–Kier alpha value is -0.770. The number of carbonyl (C=O) groups is 1. The molecule has 0 aliphatic rings. The molecule has 1 amide bonds. The summed E-state index contributed by atoms with van der Waals surface area (Å²) in [6.07, 6.45) is 0. The number of nitrogens with one attached hydrogen (secondary N) is 1. The topological polar surface area (TPSA) is 55.1 Å². The summed E-state index contributed by atoms with van der Waals surface area (Å²) in [4.78, 5) is 10.8. The third-order valence-corrected chi connectivity index (χ3v) is 2.76. The van der Waals surface area contributed by atoms with E-state index in [2.05, 4.69) is 5.32 Å². The maximum atomic E-state index is 10.8. The van der Waals surface area contributed by atoms with Crippen LogP contribution in [0.3, 0.4) is 0 Å². The largest absolute Gasteiger partial charge is 0.368 e. The highest BCUT2D eigenvalue weighted by Crippen LogP contribution is 2.22. The predicted molar refractivity (Wildman–Crippen MR) is 62.0 cm³/mol. The summed E-state index contributed by atoms with van der Waals surface area (Å²) in [6.45, 7) is 2.24. The van der Waals surface area contributed by atoms with E-state index in [1.165, 1.54) is 0 Å². The van der Waals surface area contributed by atoms with Gasteiger partial charge >= 0.3 is 0 Å². The first-order valence-electron chi connectivity index (χ1n) is 4.47. The maximum absolute atomic E-state index is 10.8. The molecule has 15 heavy (non-hydrogen) atoms. The number of hydrogen-bond acceptors (Lipinski definition) is 2. The van der Waals surface area contributed by atoms with Gasteiger partial charge in [-0.1, -0.05) is 29.3 Å². The van der Waals surface area contributed by atoms with Crippen LogP contribution in [-0.2, 0) is 11.3 Å². The van der Waals surface area contributed by atoms with Gasteiger partial charge in [0.05, 0.1) is 16.1 Å². The Labute approximate surface area is 98.5 Å². The van der Waals surface area contributed by atoms with Crippen LogP contribution < -0.4 is 11.1 Å². The minimum atomic E-state index is -0.380. The molecule has 82 valence electrons. The van der Waals surface area contributed by atoms with Gasteiger partial charge in [0.1, 0.15) is 0 Å². The van der Waals surface area contributed by atoms with E-state index in [1.807, 2.05) is 6.07 Å². The van der Waals surface area contributed by atoms with Crippen molar-refractivity contribution in [2.45, 2.75) is 19.5 Å². The van der Waals surface area contributed by atoms with Gasteiger partial charge < -0.3 is 11.1 Å². The zero-order valence-electron chi connectivity index (χ0n) is 8.26. The summed E-state index contributed by atoms with van der Waals surface area (Å²) in [5.74, 6) is -0.380. The summed E-state index contributed by atoms with van der Waals surface area (Å²) in [6, 6.07) is 4.95. The molecular weight excluding hydrogens is 235 g/mol. The van der Waals surface area contributed by atoms with Crippen molar-refractivity contribution in [2.75, 3.05) is 0 Å². The average Bonchev–Trinajstić information content (AvgIpc) is 2.19. The molecule has 0 heterocycles. The second kappa shape index (κ2) is 5.35. The molecule has 1 aromatic rings. The van der Waals surface area contributed by atoms with Crippen molar-refractivity contribution < 1.29 is 4.79 Å². The van der Waals surface area contributed by atoms with Crippen LogP contribution in [0.4, 0.5) is 0 Å². The summed E-state index contributed by atoms with van der Waals surface area (Å²) >= 11 is 11.6. The molecule has 1 unspecified atom stereocenters. The highest BCUT2D eigenvalue weighted by Gasteiger charge is 2.07. The van der Waals surface area contributed by atoms with Crippen molar-refractivity contribution in [3.63, 3.8) is 0 Å². The second-order valence-corrected chi connectivity index (χ2v) is 4.07. The Morgan fingerprint density at radius 1 is 1.47 bits per heavy atom. The molecule has 0 aliphatic heterocycles. The first-order chi connectivity index (χ1) is 7.00. The average molecular weight is 247 g/mol. The van der Waals surface area contributed by atoms with Crippen LogP contribution >= 0.6 is 23.2 Å². The molecule has 0 aliphatic carbocycles. The van der Waals surface area contributed by atoms with Crippen LogP contribution in [0.25, 0.3) is 0 Å². The smallest absolute Gasteiger partial charge is 0.234 e. The second-order valence-electron chi connectivity index (χ2n) is 3.25. The first kappa shape index (κ1) is 12.3. The lowest BCUT2D eigenvalue weighted by Gasteiger charge is -2.10. The monoisotopic (exact) mass is 246 g/mol. The molecule has 1 aromatic carbocycles. The lowest BCUT2D eigenvalue weighted by atomic mass is 10.2. The lowest BCUT2D eigenvalue weighted by Crippen LogP contribution is -2.38. The molecule has 0 aromatic heterocycles. The highest BCUT2D eigenvalue weighted by molar-refractivity contribution is 6.42. The number of nitrogens with two attached hydrogens (primary N) is 1. The summed E-state index contributed by atoms with van der Waals surface area (Å²) in [5, 5.41) is 3.99. The van der Waals surface area contributed by atoms with E-state index < -0.39 is 0 Å². The minimum absolute atomic E-state index is 0.362. The molecule has 0 saturated carbocycles. The number of carbonyl (C=O) groups excluding carboxylic acids is 1. The van der Waals surface area contributed by atoms with Crippen molar-refractivity contribution >= 4 is 29.1 Å². The number of benzene rings is 1. The van der Waals surface area contributed by atoms with E-state index in [9.17, 15) is 4.79 Å². The van der Waals surface area contributed by atoms with Gasteiger partial charge in [-0.05, 0) is 24.6 Å². The summed E-state index contributed by atoms with van der Waals surface area (Å²) < 4.78 is 0. The van der Waals surface area contributed by atoms with E-state index in [-0.39, 0.29) is 11.9 Å². The van der Waals surface area contributed by atoms with Crippen molar-refractivity contribution in [1.29, 1.82) is 0 Å². The molecule has 3 N–H and O–H groups in total. The highest BCUT2D eigenvalue weighted by atomic mass is 35.5. The van der Waals surface area contributed by atoms with E-state index in [0.717, 1.165) is 5.56 Å². The van der Waals surface area contributed by atoms with Crippen LogP contribution in [0, 0.1) is 0 Å². The van der Waals surface area contributed by atoms with Gasteiger partial charge in [-0.15, -0.1) is 0 Å². The third kappa shape index (κ3) is 3.70. The van der Waals surface area contributed by atoms with Gasteiger partial charge in [0.25, 0.3) is 0 Å². The third-order valence-electron chi connectivity index (χ3n) is 2.02. The molecule has 3 nitrogen and oxygen atoms in total. The van der Waals surface area contributed by atoms with E-state index in [4.69, 9.17) is 28.9 Å². The Kier molecular flexibility index (Phi) is 4.39. The zero-order chi connectivity index (χ0) is 11.4. The van der Waals surface area contributed by atoms with Gasteiger partial charge in [-0.2, -0.15) is 0 Å². The van der Waals surface area contributed by atoms with Crippen molar-refractivity contribution in [3.8, 4) is 0 Å². The maximum Gasteiger partial charge on any atom is 0.234 e. The predicted octanol–water partition coefficient (Wildman–Crippen LogP) is 1.96. The van der Waals surface area contributed by atoms with Gasteiger partial charge in [-0.25, -0.2) is 0 Å². The van der Waals surface area contributed by atoms with Gasteiger partial charge in [0, 0.05) is 6.54 Å². The van der Waals surface area contributed by atoms with Gasteiger partial charge in [0.15, 0.2) is 0 Å². The zero-order valence-corrected chi connectivity index (χ0v) is 9.77. The van der Waals surface area contributed by atoms with Gasteiger partial charge in [-0.3, -0.25) is 4.79 Å². The summed E-state index contributed by atoms with van der Waals surface area (Å²) in [7, 11) is 0. The molecule has 0 saturated heterocycles. The molecular formula is C10H12Cl2N2O. The van der Waals surface area contributed by atoms with Gasteiger partial charge in [0.2, 0.25) is 5.91 Å². The number of hydrogen-bond donors (Lipinski definition) is 2. The van der Waals surface area contributed by atoms with Crippen LogP contribution in [0.1, 0.15) is 12.5 Å². The summed E-state index contributed by atoms with van der Waals surface area (Å²) in [5.41, 5.74) is 6.06. The van der Waals surface area contributed by atoms with Crippen LogP contribution in [0.15, 0.2) is 18.2 Å². The minimum Gasteiger partial charge on any atom is -0.368 e. The molecule has 0 fully saturated rings. The Morgan fingerprint density at radius 2 is 2.13 bits per heavy atom. The fraction of sp³-hybridized carbons (Fsp3) is 0.300. The molecule has 0 spiro atoms. The van der Waals surface area contributed by atoms with Crippen LogP contribution in [0.2, 0.25) is 10.0 Å². The van der Waals surface area contributed by atoms with E-state index in [0.29, 0.717) is 16.6 Å². The molecule has 1 rings (SSSR count). The van der Waals surface area contributed by atoms with Crippen molar-refractivity contribution in [2.24, 2.45) is 5.73 Å². The van der Waals surface area contributed by atoms with Crippen molar-refractivity contribution in [1.82, 2.24) is 5.32 Å². The van der Waals surface area contributed by atoms with E-state index in [1.54, 1.807) is 19.1 Å². The number of amides is 1.